The largest absolute Gasteiger partial charge is 0.480 e. The number of aliphatic carboxylic acids is 1. The first kappa shape index (κ1) is 15.1. The maximum atomic E-state index is 12.4. The molecule has 0 bridgehead atoms. The van der Waals surface area contributed by atoms with Gasteiger partial charge in [-0.25, -0.2) is 4.79 Å². The lowest BCUT2D eigenvalue weighted by atomic mass is 10.0. The SMILES string of the molecule is O=C(O)C(Cc1ccccc1)N1Cc2ccccc2NCC1=O. The lowest BCUT2D eigenvalue weighted by Gasteiger charge is -2.27. The first-order valence-corrected chi connectivity index (χ1v) is 7.53. The second kappa shape index (κ2) is 6.52. The molecule has 118 valence electrons. The van der Waals surface area contributed by atoms with Gasteiger partial charge in [0, 0.05) is 18.7 Å². The van der Waals surface area contributed by atoms with Crippen LogP contribution in [-0.4, -0.2) is 34.5 Å². The molecule has 0 aliphatic carbocycles. The van der Waals surface area contributed by atoms with E-state index in [0.29, 0.717) is 13.0 Å². The van der Waals surface area contributed by atoms with Gasteiger partial charge in [0.05, 0.1) is 6.54 Å². The molecular formula is C18H18N2O3. The number of carbonyl (C=O) groups excluding carboxylic acids is 1. The zero-order valence-corrected chi connectivity index (χ0v) is 12.6. The summed E-state index contributed by atoms with van der Waals surface area (Å²) in [7, 11) is 0. The van der Waals surface area contributed by atoms with Crippen LogP contribution in [0.15, 0.2) is 54.6 Å². The number of carboxylic acids is 1. The van der Waals surface area contributed by atoms with Gasteiger partial charge < -0.3 is 15.3 Å². The normalized spacial score (nSPS) is 15.3. The Morgan fingerprint density at radius 2 is 1.83 bits per heavy atom. The molecule has 1 atom stereocenters. The minimum absolute atomic E-state index is 0.107. The maximum Gasteiger partial charge on any atom is 0.326 e. The van der Waals surface area contributed by atoms with Gasteiger partial charge in [-0.15, -0.1) is 0 Å². The topological polar surface area (TPSA) is 69.6 Å². The molecule has 1 amide bonds. The third-order valence-corrected chi connectivity index (χ3v) is 4.04. The number of rotatable bonds is 4. The molecular weight excluding hydrogens is 292 g/mol. The van der Waals surface area contributed by atoms with Crippen LogP contribution in [0.2, 0.25) is 0 Å². The van der Waals surface area contributed by atoms with Gasteiger partial charge in [0.15, 0.2) is 0 Å². The van der Waals surface area contributed by atoms with Crippen molar-refractivity contribution < 1.29 is 14.7 Å². The summed E-state index contributed by atoms with van der Waals surface area (Å²) in [6.45, 7) is 0.404. The lowest BCUT2D eigenvalue weighted by molar-refractivity contribution is -0.150. The number of nitrogens with zero attached hydrogens (tertiary/aromatic N) is 1. The zero-order valence-electron chi connectivity index (χ0n) is 12.6. The lowest BCUT2D eigenvalue weighted by Crippen LogP contribution is -2.46. The minimum Gasteiger partial charge on any atom is -0.480 e. The van der Waals surface area contributed by atoms with E-state index in [1.54, 1.807) is 0 Å². The van der Waals surface area contributed by atoms with Gasteiger partial charge in [0.1, 0.15) is 6.04 Å². The second-order valence-corrected chi connectivity index (χ2v) is 5.58. The highest BCUT2D eigenvalue weighted by atomic mass is 16.4. The first-order valence-electron chi connectivity index (χ1n) is 7.53. The fourth-order valence-electron chi connectivity index (χ4n) is 2.83. The molecule has 0 spiro atoms. The Balaban J connectivity index is 1.89. The number of carboxylic acid groups (broad SMARTS) is 1. The van der Waals surface area contributed by atoms with Crippen molar-refractivity contribution >= 4 is 17.6 Å². The average Bonchev–Trinajstić information content (AvgIpc) is 2.73. The van der Waals surface area contributed by atoms with Crippen LogP contribution >= 0.6 is 0 Å². The fourth-order valence-corrected chi connectivity index (χ4v) is 2.83. The Hall–Kier alpha value is -2.82. The fraction of sp³-hybridized carbons (Fsp3) is 0.222. The van der Waals surface area contributed by atoms with E-state index in [2.05, 4.69) is 5.32 Å². The molecule has 5 heteroatoms. The number of amides is 1. The Morgan fingerprint density at radius 3 is 2.57 bits per heavy atom. The predicted octanol–water partition coefficient (Wildman–Crippen LogP) is 2.14. The number of nitrogens with one attached hydrogen (secondary N) is 1. The smallest absolute Gasteiger partial charge is 0.326 e. The number of fused-ring (bicyclic) bond motifs is 1. The number of benzene rings is 2. The van der Waals surface area contributed by atoms with E-state index in [9.17, 15) is 14.7 Å². The van der Waals surface area contributed by atoms with Crippen LogP contribution < -0.4 is 5.32 Å². The van der Waals surface area contributed by atoms with Crippen LogP contribution in [0.1, 0.15) is 11.1 Å². The van der Waals surface area contributed by atoms with Crippen molar-refractivity contribution in [2.75, 3.05) is 11.9 Å². The molecule has 0 fully saturated rings. The highest BCUT2D eigenvalue weighted by molar-refractivity contribution is 5.87. The van der Waals surface area contributed by atoms with Crippen molar-refractivity contribution in [1.82, 2.24) is 4.90 Å². The molecule has 5 nitrogen and oxygen atoms in total. The van der Waals surface area contributed by atoms with E-state index in [0.717, 1.165) is 16.8 Å². The summed E-state index contributed by atoms with van der Waals surface area (Å²) >= 11 is 0. The van der Waals surface area contributed by atoms with Crippen LogP contribution in [0.5, 0.6) is 0 Å². The van der Waals surface area contributed by atoms with Crippen molar-refractivity contribution in [3.8, 4) is 0 Å². The highest BCUT2D eigenvalue weighted by Gasteiger charge is 2.31. The molecule has 0 aromatic heterocycles. The van der Waals surface area contributed by atoms with Crippen LogP contribution in [-0.2, 0) is 22.6 Å². The van der Waals surface area contributed by atoms with E-state index >= 15 is 0 Å². The molecule has 1 aliphatic heterocycles. The van der Waals surface area contributed by atoms with Crippen LogP contribution in [0, 0.1) is 0 Å². The van der Waals surface area contributed by atoms with Gasteiger partial charge in [0.2, 0.25) is 5.91 Å². The molecule has 3 rings (SSSR count). The quantitative estimate of drug-likeness (QED) is 0.908. The number of carbonyl (C=O) groups is 2. The number of hydrogen-bond acceptors (Lipinski definition) is 3. The van der Waals surface area contributed by atoms with E-state index in [1.807, 2.05) is 54.6 Å². The van der Waals surface area contributed by atoms with Crippen LogP contribution in [0.3, 0.4) is 0 Å². The van der Waals surface area contributed by atoms with Crippen molar-refractivity contribution in [2.24, 2.45) is 0 Å². The van der Waals surface area contributed by atoms with Gasteiger partial charge >= 0.3 is 5.97 Å². The highest BCUT2D eigenvalue weighted by Crippen LogP contribution is 2.23. The third-order valence-electron chi connectivity index (χ3n) is 4.04. The van der Waals surface area contributed by atoms with E-state index in [1.165, 1.54) is 4.90 Å². The summed E-state index contributed by atoms with van der Waals surface area (Å²) in [5, 5.41) is 12.7. The standard InChI is InChI=1S/C18H18N2O3/c21-17-11-19-15-9-5-4-8-14(15)12-20(17)16(18(22)23)10-13-6-2-1-3-7-13/h1-9,16,19H,10-12H2,(H,22,23). The van der Waals surface area contributed by atoms with Gasteiger partial charge in [-0.1, -0.05) is 48.5 Å². The van der Waals surface area contributed by atoms with Crippen LogP contribution in [0.4, 0.5) is 5.69 Å². The van der Waals surface area contributed by atoms with Crippen molar-refractivity contribution in [3.63, 3.8) is 0 Å². The summed E-state index contributed by atoms with van der Waals surface area (Å²) in [5.41, 5.74) is 2.71. The number of hydrogen-bond donors (Lipinski definition) is 2. The number of para-hydroxylation sites is 1. The van der Waals surface area contributed by atoms with E-state index in [4.69, 9.17) is 0 Å². The summed E-state index contributed by atoms with van der Waals surface area (Å²) in [5.74, 6) is -1.19. The van der Waals surface area contributed by atoms with Gasteiger partial charge in [-0.2, -0.15) is 0 Å². The summed E-state index contributed by atoms with van der Waals surface area (Å²) in [4.78, 5) is 25.6. The van der Waals surface area contributed by atoms with E-state index < -0.39 is 12.0 Å². The minimum atomic E-state index is -0.985. The van der Waals surface area contributed by atoms with Crippen LogP contribution in [0.25, 0.3) is 0 Å². The second-order valence-electron chi connectivity index (χ2n) is 5.58. The Kier molecular flexibility index (Phi) is 4.28. The van der Waals surface area contributed by atoms with Crippen molar-refractivity contribution in [1.29, 1.82) is 0 Å². The monoisotopic (exact) mass is 310 g/mol. The Labute approximate surface area is 134 Å². The number of anilines is 1. The van der Waals surface area contributed by atoms with Crippen molar-refractivity contribution in [2.45, 2.75) is 19.0 Å². The molecule has 1 unspecified atom stereocenters. The molecule has 23 heavy (non-hydrogen) atoms. The molecule has 1 heterocycles. The Bertz CT molecular complexity index is 715. The first-order chi connectivity index (χ1) is 11.1. The van der Waals surface area contributed by atoms with Gasteiger partial charge in [-0.3, -0.25) is 4.79 Å². The molecule has 1 aliphatic rings. The molecule has 0 saturated carbocycles. The predicted molar refractivity (Wildman–Crippen MR) is 87.1 cm³/mol. The summed E-state index contributed by atoms with van der Waals surface area (Å²) in [6, 6.07) is 16.1. The molecule has 0 radical (unpaired) electrons. The van der Waals surface area contributed by atoms with Gasteiger partial charge in [-0.05, 0) is 17.2 Å². The average molecular weight is 310 g/mol. The zero-order chi connectivity index (χ0) is 16.2. The van der Waals surface area contributed by atoms with Crippen molar-refractivity contribution in [3.05, 3.63) is 65.7 Å². The maximum absolute atomic E-state index is 12.4. The van der Waals surface area contributed by atoms with Gasteiger partial charge in [0.25, 0.3) is 0 Å². The molecule has 2 aromatic carbocycles. The third kappa shape index (κ3) is 3.34. The molecule has 2 aromatic rings. The summed E-state index contributed by atoms with van der Waals surface area (Å²) in [6.07, 6.45) is 0.296. The molecule has 0 saturated heterocycles. The van der Waals surface area contributed by atoms with E-state index in [-0.39, 0.29) is 12.5 Å². The Morgan fingerprint density at radius 1 is 1.13 bits per heavy atom. The summed E-state index contributed by atoms with van der Waals surface area (Å²) < 4.78 is 0. The molecule has 2 N–H and O–H groups in total.